The zero-order chi connectivity index (χ0) is 13.1. The second kappa shape index (κ2) is 5.15. The average molecular weight is 273 g/mol. The summed E-state index contributed by atoms with van der Waals surface area (Å²) in [5.74, 6) is 1.16. The molecule has 0 saturated carbocycles. The molecule has 3 rings (SSSR count). The van der Waals surface area contributed by atoms with Crippen molar-refractivity contribution in [3.05, 3.63) is 52.9 Å². The fraction of sp³-hybridized carbons (Fsp3) is 0.167. The summed E-state index contributed by atoms with van der Waals surface area (Å²) < 4.78 is 5.18. The molecule has 0 fully saturated rings. The Bertz CT molecular complexity index is 664. The van der Waals surface area contributed by atoms with E-state index in [0.29, 0.717) is 29.7 Å². The summed E-state index contributed by atoms with van der Waals surface area (Å²) in [6.45, 7) is 0. The Balaban J connectivity index is 1.69. The molecule has 2 N–H and O–H groups in total. The second-order valence-electron chi connectivity index (χ2n) is 3.96. The van der Waals surface area contributed by atoms with E-state index in [1.54, 1.807) is 6.20 Å². The quantitative estimate of drug-likeness (QED) is 0.777. The Morgan fingerprint density at radius 3 is 2.84 bits per heavy atom. The molecule has 0 aliphatic rings. The van der Waals surface area contributed by atoms with Crippen molar-refractivity contribution in [3.63, 3.8) is 0 Å². The molecule has 0 aromatic carbocycles. The van der Waals surface area contributed by atoms with Crippen LogP contribution in [0.1, 0.15) is 23.1 Å². The first-order chi connectivity index (χ1) is 9.29. The zero-order valence-corrected chi connectivity index (χ0v) is 10.8. The van der Waals surface area contributed by atoms with E-state index in [1.807, 2.05) is 23.6 Å². The highest BCUT2D eigenvalue weighted by atomic mass is 32.1. The summed E-state index contributed by atoms with van der Waals surface area (Å²) in [7, 11) is 0. The van der Waals surface area contributed by atoms with Crippen molar-refractivity contribution in [2.45, 2.75) is 12.8 Å². The molecule has 0 amide bonds. The Hall–Kier alpha value is -2.28. The molecule has 0 bridgehead atoms. The summed E-state index contributed by atoms with van der Waals surface area (Å²) in [6, 6.07) is 5.73. The van der Waals surface area contributed by atoms with E-state index in [9.17, 15) is 0 Å². The summed E-state index contributed by atoms with van der Waals surface area (Å²) in [4.78, 5) is 12.7. The molecule has 0 atom stereocenters. The molecular weight excluding hydrogens is 262 g/mol. The van der Waals surface area contributed by atoms with Gasteiger partial charge in [-0.25, -0.2) is 4.98 Å². The summed E-state index contributed by atoms with van der Waals surface area (Å²) in [6.07, 6.45) is 2.81. The van der Waals surface area contributed by atoms with Crippen molar-refractivity contribution in [1.82, 2.24) is 20.1 Å². The largest absolute Gasteiger partial charge is 0.375 e. The minimum atomic E-state index is 0.503. The van der Waals surface area contributed by atoms with Crippen LogP contribution in [0.4, 0.5) is 5.13 Å². The van der Waals surface area contributed by atoms with Gasteiger partial charge in [0.05, 0.1) is 18.5 Å². The van der Waals surface area contributed by atoms with Gasteiger partial charge in [0.25, 0.3) is 0 Å². The number of nitrogens with two attached hydrogens (primary N) is 1. The van der Waals surface area contributed by atoms with Crippen molar-refractivity contribution in [2.24, 2.45) is 0 Å². The minimum absolute atomic E-state index is 0.503. The normalized spacial score (nSPS) is 10.7. The molecule has 19 heavy (non-hydrogen) atoms. The summed E-state index contributed by atoms with van der Waals surface area (Å²) in [5, 5.41) is 6.36. The van der Waals surface area contributed by atoms with Gasteiger partial charge in [-0.05, 0) is 12.1 Å². The molecule has 7 heteroatoms. The van der Waals surface area contributed by atoms with Crippen LogP contribution in [-0.2, 0) is 12.8 Å². The number of hydrogen-bond donors (Lipinski definition) is 1. The third-order valence-corrected chi connectivity index (χ3v) is 3.20. The van der Waals surface area contributed by atoms with Gasteiger partial charge in [-0.2, -0.15) is 4.98 Å². The minimum Gasteiger partial charge on any atom is -0.375 e. The van der Waals surface area contributed by atoms with Crippen molar-refractivity contribution < 1.29 is 4.52 Å². The maximum Gasteiger partial charge on any atom is 0.232 e. The van der Waals surface area contributed by atoms with Crippen molar-refractivity contribution in [2.75, 3.05) is 5.73 Å². The van der Waals surface area contributed by atoms with Crippen LogP contribution < -0.4 is 5.73 Å². The molecule has 3 heterocycles. The zero-order valence-electron chi connectivity index (χ0n) is 9.98. The fourth-order valence-electron chi connectivity index (χ4n) is 1.66. The van der Waals surface area contributed by atoms with Gasteiger partial charge in [-0.1, -0.05) is 11.2 Å². The molecule has 96 valence electrons. The number of pyridine rings is 1. The van der Waals surface area contributed by atoms with Crippen molar-refractivity contribution in [3.8, 4) is 0 Å². The number of anilines is 1. The first kappa shape index (κ1) is 11.8. The topological polar surface area (TPSA) is 90.7 Å². The lowest BCUT2D eigenvalue weighted by Gasteiger charge is -1.93. The standard InChI is InChI=1S/C12H11N5OS/c13-12-15-9(7-19-12)6-11-16-10(17-18-11)5-8-3-1-2-4-14-8/h1-4,7H,5-6H2,(H2,13,15). The van der Waals surface area contributed by atoms with Crippen molar-refractivity contribution in [1.29, 1.82) is 0 Å². The van der Waals surface area contributed by atoms with E-state index >= 15 is 0 Å². The molecule has 3 aromatic rings. The number of nitrogen functional groups attached to an aromatic ring is 1. The van der Waals surface area contributed by atoms with E-state index in [1.165, 1.54) is 11.3 Å². The number of hydrogen-bond acceptors (Lipinski definition) is 7. The summed E-state index contributed by atoms with van der Waals surface area (Å²) in [5.41, 5.74) is 7.33. The Labute approximate surface area is 113 Å². The second-order valence-corrected chi connectivity index (χ2v) is 4.85. The molecule has 0 aliphatic carbocycles. The lowest BCUT2D eigenvalue weighted by atomic mass is 10.2. The first-order valence-electron chi connectivity index (χ1n) is 5.71. The molecule has 0 unspecified atom stereocenters. The van der Waals surface area contributed by atoms with E-state index in [-0.39, 0.29) is 0 Å². The van der Waals surface area contributed by atoms with Gasteiger partial charge in [-0.3, -0.25) is 4.98 Å². The molecule has 0 saturated heterocycles. The third kappa shape index (κ3) is 2.94. The van der Waals surface area contributed by atoms with Crippen LogP contribution in [0.5, 0.6) is 0 Å². The Morgan fingerprint density at radius 2 is 2.11 bits per heavy atom. The fourth-order valence-corrected chi connectivity index (χ4v) is 2.22. The van der Waals surface area contributed by atoms with Gasteiger partial charge in [0, 0.05) is 17.3 Å². The van der Waals surface area contributed by atoms with Crippen molar-refractivity contribution >= 4 is 16.5 Å². The van der Waals surface area contributed by atoms with Crippen LogP contribution in [0.3, 0.4) is 0 Å². The van der Waals surface area contributed by atoms with Crippen LogP contribution in [0.2, 0.25) is 0 Å². The number of thiazole rings is 1. The maximum atomic E-state index is 5.57. The van der Waals surface area contributed by atoms with Gasteiger partial charge in [0.1, 0.15) is 0 Å². The number of rotatable bonds is 4. The monoisotopic (exact) mass is 273 g/mol. The highest BCUT2D eigenvalue weighted by Gasteiger charge is 2.10. The van der Waals surface area contributed by atoms with Gasteiger partial charge in [-0.15, -0.1) is 11.3 Å². The van der Waals surface area contributed by atoms with Crippen LogP contribution >= 0.6 is 11.3 Å². The SMILES string of the molecule is Nc1nc(Cc2nc(Cc3ccccn3)no2)cs1. The van der Waals surface area contributed by atoms with Gasteiger partial charge in [0.15, 0.2) is 11.0 Å². The highest BCUT2D eigenvalue weighted by molar-refractivity contribution is 7.13. The third-order valence-electron chi connectivity index (χ3n) is 2.48. The lowest BCUT2D eigenvalue weighted by Crippen LogP contribution is -1.94. The molecule has 0 spiro atoms. The first-order valence-corrected chi connectivity index (χ1v) is 6.59. The van der Waals surface area contributed by atoms with Crippen LogP contribution in [0, 0.1) is 0 Å². The van der Waals surface area contributed by atoms with Gasteiger partial charge < -0.3 is 10.3 Å². The van der Waals surface area contributed by atoms with Gasteiger partial charge >= 0.3 is 0 Å². The van der Waals surface area contributed by atoms with Gasteiger partial charge in [0.2, 0.25) is 5.89 Å². The predicted molar refractivity (Wildman–Crippen MR) is 70.7 cm³/mol. The molecular formula is C12H11N5OS. The van der Waals surface area contributed by atoms with E-state index in [4.69, 9.17) is 10.3 Å². The smallest absolute Gasteiger partial charge is 0.232 e. The van der Waals surface area contributed by atoms with Crippen LogP contribution in [-0.4, -0.2) is 20.1 Å². The number of aromatic nitrogens is 4. The molecule has 3 aromatic heterocycles. The maximum absolute atomic E-state index is 5.57. The van der Waals surface area contributed by atoms with E-state index < -0.39 is 0 Å². The summed E-state index contributed by atoms with van der Waals surface area (Å²) >= 11 is 1.40. The Kier molecular flexibility index (Phi) is 3.20. The van der Waals surface area contributed by atoms with Crippen LogP contribution in [0.15, 0.2) is 34.3 Å². The van der Waals surface area contributed by atoms with E-state index in [0.717, 1.165) is 11.4 Å². The predicted octanol–water partition coefficient (Wildman–Crippen LogP) is 1.68. The highest BCUT2D eigenvalue weighted by Crippen LogP contribution is 2.14. The molecule has 0 aliphatic heterocycles. The molecule has 0 radical (unpaired) electrons. The molecule has 6 nitrogen and oxygen atoms in total. The Morgan fingerprint density at radius 1 is 1.16 bits per heavy atom. The van der Waals surface area contributed by atoms with E-state index in [2.05, 4.69) is 20.1 Å². The lowest BCUT2D eigenvalue weighted by molar-refractivity contribution is 0.379. The van der Waals surface area contributed by atoms with Crippen LogP contribution in [0.25, 0.3) is 0 Å². The number of nitrogens with zero attached hydrogens (tertiary/aromatic N) is 4. The average Bonchev–Trinajstić information content (AvgIpc) is 3.01.